The number of Topliss-reactive ketones (excluding diaryl/α,β-unsaturated/α-hetero) is 1. The molecule has 0 bridgehead atoms. The highest BCUT2D eigenvalue weighted by Crippen LogP contribution is 2.27. The van der Waals surface area contributed by atoms with Gasteiger partial charge in [-0.05, 0) is 6.92 Å². The van der Waals surface area contributed by atoms with Gasteiger partial charge in [-0.2, -0.15) is 0 Å². The van der Waals surface area contributed by atoms with Crippen LogP contribution in [-0.4, -0.2) is 42.3 Å². The molecule has 1 N–H and O–H groups in total. The van der Waals surface area contributed by atoms with Crippen LogP contribution in [0.25, 0.3) is 0 Å². The van der Waals surface area contributed by atoms with E-state index in [-0.39, 0.29) is 18.6 Å². The molecule has 0 aliphatic carbocycles. The summed E-state index contributed by atoms with van der Waals surface area (Å²) in [6.07, 6.45) is 0.961. The minimum Gasteiger partial charge on any atom is -0.481 e. The van der Waals surface area contributed by atoms with Gasteiger partial charge in [0.1, 0.15) is 5.60 Å². The van der Waals surface area contributed by atoms with E-state index >= 15 is 0 Å². The summed E-state index contributed by atoms with van der Waals surface area (Å²) in [5.41, 5.74) is -0.803. The number of carboxylic acid groups (broad SMARTS) is 1. The van der Waals surface area contributed by atoms with E-state index in [0.717, 1.165) is 0 Å². The molecular weight excluding hydrogens is 212 g/mol. The fraction of sp³-hybridized carbons (Fsp3) is 0.818. The highest BCUT2D eigenvalue weighted by atomic mass is 16.5. The van der Waals surface area contributed by atoms with Crippen LogP contribution in [0.15, 0.2) is 0 Å². The van der Waals surface area contributed by atoms with Crippen molar-refractivity contribution in [3.05, 3.63) is 0 Å². The van der Waals surface area contributed by atoms with Gasteiger partial charge in [-0.15, -0.1) is 0 Å². The molecule has 0 atom stereocenters. The van der Waals surface area contributed by atoms with Gasteiger partial charge >= 0.3 is 5.97 Å². The summed E-state index contributed by atoms with van der Waals surface area (Å²) in [7, 11) is 0. The van der Waals surface area contributed by atoms with Crippen LogP contribution in [-0.2, 0) is 19.1 Å². The van der Waals surface area contributed by atoms with Crippen molar-refractivity contribution in [1.82, 2.24) is 0 Å². The molecule has 0 aromatic heterocycles. The van der Waals surface area contributed by atoms with E-state index in [4.69, 9.17) is 14.6 Å². The molecule has 1 fully saturated rings. The molecule has 1 saturated heterocycles. The van der Waals surface area contributed by atoms with E-state index in [1.807, 2.05) is 6.92 Å². The SMILES string of the molecule is CCOC1(C(=O)CCC(=O)O)CCOCC1. The van der Waals surface area contributed by atoms with Gasteiger partial charge in [-0.1, -0.05) is 0 Å². The molecule has 0 unspecified atom stereocenters. The number of carbonyl (C=O) groups is 2. The highest BCUT2D eigenvalue weighted by Gasteiger charge is 2.40. The maximum Gasteiger partial charge on any atom is 0.303 e. The van der Waals surface area contributed by atoms with Gasteiger partial charge in [0.05, 0.1) is 6.42 Å². The Kier molecular flexibility index (Phi) is 4.89. The Morgan fingerprint density at radius 2 is 1.94 bits per heavy atom. The van der Waals surface area contributed by atoms with Crippen molar-refractivity contribution in [2.24, 2.45) is 0 Å². The van der Waals surface area contributed by atoms with Crippen molar-refractivity contribution >= 4 is 11.8 Å². The predicted molar refractivity (Wildman–Crippen MR) is 56.3 cm³/mol. The molecule has 0 aromatic carbocycles. The summed E-state index contributed by atoms with van der Waals surface area (Å²) in [5.74, 6) is -1.06. The normalized spacial score (nSPS) is 19.3. The van der Waals surface area contributed by atoms with Crippen molar-refractivity contribution in [2.75, 3.05) is 19.8 Å². The molecule has 0 radical (unpaired) electrons. The Bertz CT molecular complexity index is 250. The van der Waals surface area contributed by atoms with E-state index in [0.29, 0.717) is 32.7 Å². The quantitative estimate of drug-likeness (QED) is 0.737. The van der Waals surface area contributed by atoms with E-state index in [9.17, 15) is 9.59 Å². The lowest BCUT2D eigenvalue weighted by molar-refractivity contribution is -0.158. The van der Waals surface area contributed by atoms with Crippen molar-refractivity contribution in [3.8, 4) is 0 Å². The fourth-order valence-electron chi connectivity index (χ4n) is 1.93. The number of rotatable bonds is 6. The maximum absolute atomic E-state index is 12.0. The zero-order valence-electron chi connectivity index (χ0n) is 9.53. The lowest BCUT2D eigenvalue weighted by Crippen LogP contribution is -2.46. The zero-order valence-corrected chi connectivity index (χ0v) is 9.53. The van der Waals surface area contributed by atoms with Crippen LogP contribution in [0.3, 0.4) is 0 Å². The van der Waals surface area contributed by atoms with Crippen molar-refractivity contribution in [1.29, 1.82) is 0 Å². The minimum atomic E-state index is -0.952. The standard InChI is InChI=1S/C11H18O5/c1-2-16-11(5-7-15-8-6-11)9(12)3-4-10(13)14/h2-8H2,1H3,(H,13,14). The third kappa shape index (κ3) is 3.28. The summed E-state index contributed by atoms with van der Waals surface area (Å²) in [4.78, 5) is 22.4. The number of ketones is 1. The molecule has 5 heteroatoms. The molecule has 0 amide bonds. The highest BCUT2D eigenvalue weighted by molar-refractivity contribution is 5.89. The lowest BCUT2D eigenvalue weighted by Gasteiger charge is -2.35. The molecule has 92 valence electrons. The minimum absolute atomic E-state index is 0.0370. The van der Waals surface area contributed by atoms with Crippen LogP contribution < -0.4 is 0 Å². The largest absolute Gasteiger partial charge is 0.481 e. The van der Waals surface area contributed by atoms with Crippen LogP contribution in [0.2, 0.25) is 0 Å². The first kappa shape index (κ1) is 13.1. The van der Waals surface area contributed by atoms with Crippen LogP contribution in [0.5, 0.6) is 0 Å². The van der Waals surface area contributed by atoms with Gasteiger partial charge < -0.3 is 14.6 Å². The van der Waals surface area contributed by atoms with Gasteiger partial charge in [0, 0.05) is 39.1 Å². The fourth-order valence-corrected chi connectivity index (χ4v) is 1.93. The third-order valence-electron chi connectivity index (χ3n) is 2.80. The molecule has 1 heterocycles. The first-order valence-electron chi connectivity index (χ1n) is 5.57. The summed E-state index contributed by atoms with van der Waals surface area (Å²) >= 11 is 0. The van der Waals surface area contributed by atoms with Gasteiger partial charge in [-0.3, -0.25) is 9.59 Å². The molecule has 1 aliphatic rings. The Morgan fingerprint density at radius 3 is 2.44 bits per heavy atom. The average molecular weight is 230 g/mol. The number of hydrogen-bond acceptors (Lipinski definition) is 4. The summed E-state index contributed by atoms with van der Waals surface area (Å²) in [5, 5.41) is 8.56. The Balaban J connectivity index is 2.60. The molecule has 5 nitrogen and oxygen atoms in total. The Morgan fingerprint density at radius 1 is 1.31 bits per heavy atom. The van der Waals surface area contributed by atoms with Gasteiger partial charge in [0.25, 0.3) is 0 Å². The van der Waals surface area contributed by atoms with E-state index in [1.165, 1.54) is 0 Å². The topological polar surface area (TPSA) is 72.8 Å². The number of hydrogen-bond donors (Lipinski definition) is 1. The molecule has 1 aliphatic heterocycles. The van der Waals surface area contributed by atoms with Crippen LogP contribution in [0.1, 0.15) is 32.6 Å². The predicted octanol–water partition coefficient (Wildman–Crippen LogP) is 1.01. The average Bonchev–Trinajstić information content (AvgIpc) is 2.27. The number of carboxylic acids is 1. The third-order valence-corrected chi connectivity index (χ3v) is 2.80. The van der Waals surface area contributed by atoms with Gasteiger partial charge in [0.2, 0.25) is 0 Å². The number of carbonyl (C=O) groups excluding carboxylic acids is 1. The lowest BCUT2D eigenvalue weighted by atomic mass is 9.87. The number of ether oxygens (including phenoxy) is 2. The maximum atomic E-state index is 12.0. The van der Waals surface area contributed by atoms with E-state index in [1.54, 1.807) is 0 Å². The smallest absolute Gasteiger partial charge is 0.303 e. The number of aliphatic carboxylic acids is 1. The van der Waals surface area contributed by atoms with E-state index < -0.39 is 11.6 Å². The Labute approximate surface area is 94.7 Å². The van der Waals surface area contributed by atoms with Crippen LogP contribution in [0, 0.1) is 0 Å². The first-order chi connectivity index (χ1) is 7.60. The summed E-state index contributed by atoms with van der Waals surface area (Å²) < 4.78 is 10.7. The van der Waals surface area contributed by atoms with Crippen molar-refractivity contribution in [3.63, 3.8) is 0 Å². The van der Waals surface area contributed by atoms with Crippen LogP contribution >= 0.6 is 0 Å². The summed E-state index contributed by atoms with van der Waals surface area (Å²) in [6.45, 7) is 3.29. The molecule has 16 heavy (non-hydrogen) atoms. The van der Waals surface area contributed by atoms with Crippen molar-refractivity contribution in [2.45, 2.75) is 38.2 Å². The van der Waals surface area contributed by atoms with E-state index in [2.05, 4.69) is 0 Å². The second-order valence-corrected chi connectivity index (χ2v) is 3.86. The monoisotopic (exact) mass is 230 g/mol. The molecule has 0 spiro atoms. The second kappa shape index (κ2) is 5.96. The van der Waals surface area contributed by atoms with Gasteiger partial charge in [-0.25, -0.2) is 0 Å². The molecule has 1 rings (SSSR count). The van der Waals surface area contributed by atoms with Crippen LogP contribution in [0.4, 0.5) is 0 Å². The Hall–Kier alpha value is -0.940. The second-order valence-electron chi connectivity index (χ2n) is 3.86. The molecule has 0 aromatic rings. The molecule has 0 saturated carbocycles. The zero-order chi connectivity index (χ0) is 12.0. The summed E-state index contributed by atoms with van der Waals surface area (Å²) in [6, 6.07) is 0. The first-order valence-corrected chi connectivity index (χ1v) is 5.57. The van der Waals surface area contributed by atoms with Gasteiger partial charge in [0.15, 0.2) is 5.78 Å². The molecular formula is C11H18O5. The van der Waals surface area contributed by atoms with Crippen molar-refractivity contribution < 1.29 is 24.2 Å².